The van der Waals surface area contributed by atoms with Gasteiger partial charge >= 0.3 is 0 Å². The van der Waals surface area contributed by atoms with Crippen LogP contribution >= 0.6 is 15.9 Å². The molecule has 80 valence electrons. The fourth-order valence-electron chi connectivity index (χ4n) is 4.59. The molecule has 0 bridgehead atoms. The Balaban J connectivity index is 1.80. The van der Waals surface area contributed by atoms with Gasteiger partial charge in [0, 0.05) is 4.83 Å². The molecular formula is C13H21Br. The normalized spacial score (nSPS) is 57.0. The minimum Gasteiger partial charge on any atom is -0.0884 e. The first-order chi connectivity index (χ1) is 6.75. The van der Waals surface area contributed by atoms with E-state index in [4.69, 9.17) is 0 Å². The molecule has 0 spiro atoms. The Kier molecular flexibility index (Phi) is 2.42. The summed E-state index contributed by atoms with van der Waals surface area (Å²) < 4.78 is 0. The van der Waals surface area contributed by atoms with Gasteiger partial charge in [-0.05, 0) is 55.3 Å². The molecule has 3 aliphatic rings. The van der Waals surface area contributed by atoms with E-state index in [0.717, 1.165) is 34.4 Å². The first kappa shape index (κ1) is 9.69. The predicted molar refractivity (Wildman–Crippen MR) is 63.5 cm³/mol. The molecule has 0 aromatic heterocycles. The summed E-state index contributed by atoms with van der Waals surface area (Å²) in [6, 6.07) is 0. The molecule has 1 heteroatoms. The van der Waals surface area contributed by atoms with Gasteiger partial charge in [-0.25, -0.2) is 0 Å². The Morgan fingerprint density at radius 2 is 1.79 bits per heavy atom. The van der Waals surface area contributed by atoms with E-state index in [1.165, 1.54) is 32.1 Å². The minimum atomic E-state index is 0.874. The van der Waals surface area contributed by atoms with E-state index in [0.29, 0.717) is 0 Å². The van der Waals surface area contributed by atoms with Gasteiger partial charge in [-0.3, -0.25) is 0 Å². The molecule has 0 nitrogen and oxygen atoms in total. The van der Waals surface area contributed by atoms with Crippen LogP contribution in [0.3, 0.4) is 0 Å². The predicted octanol–water partition coefficient (Wildman–Crippen LogP) is 4.23. The maximum Gasteiger partial charge on any atom is 0.0207 e. The zero-order chi connectivity index (χ0) is 9.71. The molecule has 0 N–H and O–H groups in total. The number of rotatable bonds is 0. The zero-order valence-electron chi connectivity index (χ0n) is 9.08. The van der Waals surface area contributed by atoms with Crippen LogP contribution < -0.4 is 0 Å². The van der Waals surface area contributed by atoms with Gasteiger partial charge < -0.3 is 0 Å². The highest BCUT2D eigenvalue weighted by Crippen LogP contribution is 2.55. The van der Waals surface area contributed by atoms with Crippen molar-refractivity contribution in [3.05, 3.63) is 0 Å². The highest BCUT2D eigenvalue weighted by molar-refractivity contribution is 9.09. The summed E-state index contributed by atoms with van der Waals surface area (Å²) in [5.41, 5.74) is 0. The Bertz CT molecular complexity index is 225. The van der Waals surface area contributed by atoms with Crippen molar-refractivity contribution in [1.82, 2.24) is 0 Å². The minimum absolute atomic E-state index is 0.874. The molecule has 0 aromatic carbocycles. The number of hydrogen-bond donors (Lipinski definition) is 0. The van der Waals surface area contributed by atoms with Crippen molar-refractivity contribution >= 4 is 15.9 Å². The van der Waals surface area contributed by atoms with E-state index in [2.05, 4.69) is 22.9 Å². The first-order valence-electron chi connectivity index (χ1n) is 6.39. The average Bonchev–Trinajstić information content (AvgIpc) is 2.71. The number of hydrogen-bond acceptors (Lipinski definition) is 0. The highest BCUT2D eigenvalue weighted by atomic mass is 79.9. The number of fused-ring (bicyclic) bond motifs is 2. The molecule has 3 saturated carbocycles. The van der Waals surface area contributed by atoms with E-state index >= 15 is 0 Å². The highest BCUT2D eigenvalue weighted by Gasteiger charge is 2.48. The van der Waals surface area contributed by atoms with Crippen molar-refractivity contribution in [2.24, 2.45) is 29.6 Å². The Morgan fingerprint density at radius 1 is 0.929 bits per heavy atom. The molecule has 0 heterocycles. The molecule has 0 radical (unpaired) electrons. The smallest absolute Gasteiger partial charge is 0.0207 e. The summed E-state index contributed by atoms with van der Waals surface area (Å²) in [5, 5.41) is 0. The van der Waals surface area contributed by atoms with Crippen molar-refractivity contribution in [1.29, 1.82) is 0 Å². The van der Waals surface area contributed by atoms with Crippen LogP contribution in [-0.2, 0) is 0 Å². The largest absolute Gasteiger partial charge is 0.0884 e. The Labute approximate surface area is 96.0 Å². The summed E-state index contributed by atoms with van der Waals surface area (Å²) in [7, 11) is 0. The molecule has 0 amide bonds. The third-order valence-electron chi connectivity index (χ3n) is 5.13. The summed E-state index contributed by atoms with van der Waals surface area (Å²) >= 11 is 4.03. The molecule has 14 heavy (non-hydrogen) atoms. The first-order valence-corrected chi connectivity index (χ1v) is 7.31. The summed E-state index contributed by atoms with van der Waals surface area (Å²) in [6.07, 6.45) is 9.15. The van der Waals surface area contributed by atoms with Gasteiger partial charge in [0.15, 0.2) is 0 Å². The monoisotopic (exact) mass is 256 g/mol. The molecule has 6 atom stereocenters. The summed E-state index contributed by atoms with van der Waals surface area (Å²) in [6.45, 7) is 2.45. The van der Waals surface area contributed by atoms with E-state index < -0.39 is 0 Å². The Hall–Kier alpha value is 0.480. The number of halogens is 1. The fraction of sp³-hybridized carbons (Fsp3) is 1.00. The molecule has 3 fully saturated rings. The zero-order valence-corrected chi connectivity index (χ0v) is 10.7. The lowest BCUT2D eigenvalue weighted by Gasteiger charge is -2.39. The lowest BCUT2D eigenvalue weighted by Crippen LogP contribution is -2.35. The summed E-state index contributed by atoms with van der Waals surface area (Å²) in [5.74, 6) is 5.24. The van der Waals surface area contributed by atoms with Gasteiger partial charge in [0.2, 0.25) is 0 Å². The van der Waals surface area contributed by atoms with Gasteiger partial charge in [-0.15, -0.1) is 0 Å². The van der Waals surface area contributed by atoms with Crippen LogP contribution in [0, 0.1) is 29.6 Å². The Morgan fingerprint density at radius 3 is 2.64 bits per heavy atom. The van der Waals surface area contributed by atoms with Crippen molar-refractivity contribution in [3.63, 3.8) is 0 Å². The second-order valence-corrected chi connectivity index (χ2v) is 7.09. The van der Waals surface area contributed by atoms with E-state index in [1.807, 2.05) is 0 Å². The maximum absolute atomic E-state index is 4.03. The van der Waals surface area contributed by atoms with Crippen LogP contribution in [0.25, 0.3) is 0 Å². The fourth-order valence-corrected chi connectivity index (χ4v) is 5.93. The van der Waals surface area contributed by atoms with Crippen molar-refractivity contribution in [2.45, 2.75) is 50.3 Å². The van der Waals surface area contributed by atoms with E-state index in [-0.39, 0.29) is 0 Å². The van der Waals surface area contributed by atoms with Crippen molar-refractivity contribution in [3.8, 4) is 0 Å². The molecule has 6 unspecified atom stereocenters. The number of alkyl halides is 1. The molecule has 3 aliphatic carbocycles. The molecule has 0 aromatic rings. The van der Waals surface area contributed by atoms with Crippen LogP contribution in [0.2, 0.25) is 0 Å². The lowest BCUT2D eigenvalue weighted by molar-refractivity contribution is 0.169. The molecule has 3 rings (SSSR count). The van der Waals surface area contributed by atoms with Crippen LogP contribution in [0.5, 0.6) is 0 Å². The van der Waals surface area contributed by atoms with Crippen LogP contribution in [0.15, 0.2) is 0 Å². The maximum atomic E-state index is 4.03. The van der Waals surface area contributed by atoms with Gasteiger partial charge in [0.1, 0.15) is 0 Å². The van der Waals surface area contributed by atoms with Crippen molar-refractivity contribution in [2.75, 3.05) is 0 Å². The topological polar surface area (TPSA) is 0 Å². The third kappa shape index (κ3) is 1.38. The van der Waals surface area contributed by atoms with Gasteiger partial charge in [-0.2, -0.15) is 0 Å². The molecule has 0 saturated heterocycles. The van der Waals surface area contributed by atoms with Crippen LogP contribution in [0.4, 0.5) is 0 Å². The van der Waals surface area contributed by atoms with Crippen LogP contribution in [0.1, 0.15) is 45.4 Å². The van der Waals surface area contributed by atoms with E-state index in [9.17, 15) is 0 Å². The lowest BCUT2D eigenvalue weighted by atomic mass is 9.71. The van der Waals surface area contributed by atoms with Crippen LogP contribution in [-0.4, -0.2) is 4.83 Å². The van der Waals surface area contributed by atoms with Gasteiger partial charge in [0.05, 0.1) is 0 Å². The van der Waals surface area contributed by atoms with Gasteiger partial charge in [0.25, 0.3) is 0 Å². The van der Waals surface area contributed by atoms with Gasteiger partial charge in [-0.1, -0.05) is 35.7 Å². The van der Waals surface area contributed by atoms with E-state index in [1.54, 1.807) is 6.42 Å². The second-order valence-electron chi connectivity index (χ2n) is 6.04. The molecular weight excluding hydrogens is 236 g/mol. The van der Waals surface area contributed by atoms with Crippen molar-refractivity contribution < 1.29 is 0 Å². The SMILES string of the molecule is CC1CC2CC3CCCC3C(Br)C2C1. The summed E-state index contributed by atoms with van der Waals surface area (Å²) in [4.78, 5) is 0.874. The second kappa shape index (κ2) is 3.50. The third-order valence-corrected chi connectivity index (χ3v) is 6.48. The average molecular weight is 257 g/mol. The quantitative estimate of drug-likeness (QED) is 0.569. The standard InChI is InChI=1S/C13H21Br/c1-8-5-10-7-9-3-2-4-11(9)13(14)12(10)6-8/h8-13H,2-7H2,1H3. The molecule has 0 aliphatic heterocycles.